The number of carboxylic acids is 1. The summed E-state index contributed by atoms with van der Waals surface area (Å²) < 4.78 is 18.5. The molecule has 0 bridgehead atoms. The zero-order valence-corrected chi connectivity index (χ0v) is 15.7. The number of carboxylic acid groups (broad SMARTS) is 1. The molecule has 7 nitrogen and oxygen atoms in total. The summed E-state index contributed by atoms with van der Waals surface area (Å²) in [6.07, 6.45) is 2.43. The van der Waals surface area contributed by atoms with E-state index >= 15 is 0 Å². The molecule has 1 aliphatic rings. The fraction of sp³-hybridized carbons (Fsp3) is 0.647. The highest BCUT2D eigenvalue weighted by molar-refractivity contribution is 6.63. The number of hydrogen-bond acceptors (Lipinski definition) is 5. The van der Waals surface area contributed by atoms with E-state index in [-0.39, 0.29) is 0 Å². The van der Waals surface area contributed by atoms with Crippen LogP contribution in [0.5, 0.6) is 5.75 Å². The van der Waals surface area contributed by atoms with Crippen LogP contribution in [0.3, 0.4) is 0 Å². The van der Waals surface area contributed by atoms with Crippen LogP contribution in [0.2, 0.25) is 0 Å². The van der Waals surface area contributed by atoms with Crippen molar-refractivity contribution in [3.63, 3.8) is 0 Å². The lowest BCUT2D eigenvalue weighted by atomic mass is 9.79. The molecule has 0 saturated carbocycles. The van der Waals surface area contributed by atoms with E-state index in [0.717, 1.165) is 0 Å². The first-order chi connectivity index (χ1) is 11.5. The van der Waals surface area contributed by atoms with E-state index in [9.17, 15) is 14.7 Å². The van der Waals surface area contributed by atoms with E-state index in [1.165, 1.54) is 23.9 Å². The molecule has 0 spiro atoms. The predicted octanol–water partition coefficient (Wildman–Crippen LogP) is 1.58. The zero-order chi connectivity index (χ0) is 19.0. The Hall–Kier alpha value is -1.80. The second-order valence-electron chi connectivity index (χ2n) is 7.27. The number of aromatic nitrogens is 1. The minimum Gasteiger partial charge on any atom is -0.496 e. The molecule has 1 unspecified atom stereocenters. The lowest BCUT2D eigenvalue weighted by Gasteiger charge is -2.32. The second-order valence-corrected chi connectivity index (χ2v) is 7.27. The van der Waals surface area contributed by atoms with Gasteiger partial charge in [-0.2, -0.15) is 0 Å². The van der Waals surface area contributed by atoms with E-state index in [1.807, 2.05) is 34.6 Å². The molecular formula is C17H26BNO6. The van der Waals surface area contributed by atoms with Gasteiger partial charge in [0.25, 0.3) is 5.56 Å². The maximum atomic E-state index is 12.5. The molecule has 1 saturated heterocycles. The number of nitrogens with zero attached hydrogens (tertiary/aromatic N) is 1. The summed E-state index contributed by atoms with van der Waals surface area (Å²) in [5.74, 6) is -0.685. The van der Waals surface area contributed by atoms with Gasteiger partial charge < -0.3 is 19.2 Å². The molecule has 25 heavy (non-hydrogen) atoms. The van der Waals surface area contributed by atoms with Gasteiger partial charge in [-0.1, -0.05) is 13.3 Å². The van der Waals surface area contributed by atoms with Crippen molar-refractivity contribution in [2.45, 2.75) is 64.7 Å². The van der Waals surface area contributed by atoms with Gasteiger partial charge in [-0.25, -0.2) is 4.79 Å². The Balaban J connectivity index is 2.48. The average molecular weight is 351 g/mol. The molecule has 0 amide bonds. The van der Waals surface area contributed by atoms with Gasteiger partial charge in [0.15, 0.2) is 0 Å². The summed E-state index contributed by atoms with van der Waals surface area (Å²) in [5, 5.41) is 9.41. The van der Waals surface area contributed by atoms with Crippen molar-refractivity contribution in [2.75, 3.05) is 7.11 Å². The fourth-order valence-corrected chi connectivity index (χ4v) is 2.77. The van der Waals surface area contributed by atoms with Crippen LogP contribution in [-0.2, 0) is 14.1 Å². The van der Waals surface area contributed by atoms with Crippen molar-refractivity contribution >= 4 is 18.6 Å². The summed E-state index contributed by atoms with van der Waals surface area (Å²) >= 11 is 0. The molecule has 1 aromatic heterocycles. The van der Waals surface area contributed by atoms with E-state index in [1.54, 1.807) is 0 Å². The van der Waals surface area contributed by atoms with Crippen LogP contribution >= 0.6 is 0 Å². The van der Waals surface area contributed by atoms with E-state index in [4.69, 9.17) is 14.0 Å². The highest BCUT2D eigenvalue weighted by Gasteiger charge is 2.52. The standard InChI is InChI=1S/C17H26BNO6/c1-7-8-12(15(21)22)19-10-13(23-6)11(9-14(19)20)18-24-16(2,3)17(4,5)25-18/h9-10,12H,7-8H2,1-6H3,(H,21,22). The van der Waals surface area contributed by atoms with Crippen LogP contribution in [0.25, 0.3) is 0 Å². The lowest BCUT2D eigenvalue weighted by Crippen LogP contribution is -2.41. The zero-order valence-electron chi connectivity index (χ0n) is 15.7. The van der Waals surface area contributed by atoms with Crippen LogP contribution in [0.15, 0.2) is 17.1 Å². The van der Waals surface area contributed by atoms with Crippen LogP contribution in [0, 0.1) is 0 Å². The van der Waals surface area contributed by atoms with Gasteiger partial charge in [-0.15, -0.1) is 0 Å². The molecule has 1 N–H and O–H groups in total. The normalized spacial score (nSPS) is 19.7. The Labute approximate surface area is 148 Å². The summed E-state index contributed by atoms with van der Waals surface area (Å²) in [5.41, 5.74) is -1.07. The maximum absolute atomic E-state index is 12.5. The van der Waals surface area contributed by atoms with Gasteiger partial charge in [0.1, 0.15) is 11.8 Å². The molecular weight excluding hydrogens is 325 g/mol. The Bertz CT molecular complexity index is 696. The molecule has 1 aliphatic heterocycles. The van der Waals surface area contributed by atoms with Gasteiger partial charge >= 0.3 is 13.1 Å². The first-order valence-electron chi connectivity index (χ1n) is 8.42. The van der Waals surface area contributed by atoms with Gasteiger partial charge in [0, 0.05) is 17.7 Å². The van der Waals surface area contributed by atoms with Crippen LogP contribution in [-0.4, -0.2) is 41.1 Å². The fourth-order valence-electron chi connectivity index (χ4n) is 2.77. The highest BCUT2D eigenvalue weighted by Crippen LogP contribution is 2.37. The van der Waals surface area contributed by atoms with Gasteiger partial charge in [0.05, 0.1) is 18.3 Å². The Morgan fingerprint density at radius 2 is 1.88 bits per heavy atom. The van der Waals surface area contributed by atoms with Crippen molar-refractivity contribution in [1.82, 2.24) is 4.57 Å². The first-order valence-corrected chi connectivity index (χ1v) is 8.42. The molecule has 1 fully saturated rings. The monoisotopic (exact) mass is 351 g/mol. The Morgan fingerprint density at radius 3 is 2.32 bits per heavy atom. The minimum atomic E-state index is -1.05. The number of hydrogen-bond donors (Lipinski definition) is 1. The lowest BCUT2D eigenvalue weighted by molar-refractivity contribution is -0.141. The van der Waals surface area contributed by atoms with Crippen LogP contribution in [0.1, 0.15) is 53.5 Å². The van der Waals surface area contributed by atoms with E-state index in [2.05, 4.69) is 0 Å². The summed E-state index contributed by atoms with van der Waals surface area (Å²) in [6.45, 7) is 9.55. The molecule has 1 atom stereocenters. The second kappa shape index (κ2) is 6.84. The molecule has 8 heteroatoms. The molecule has 0 radical (unpaired) electrons. The minimum absolute atomic E-state index is 0.355. The number of pyridine rings is 1. The first kappa shape index (κ1) is 19.5. The SMILES string of the molecule is CCCC(C(=O)O)n1cc(OC)c(B2OC(C)(C)C(C)(C)O2)cc1=O. The van der Waals surface area contributed by atoms with Crippen molar-refractivity contribution in [2.24, 2.45) is 0 Å². The number of methoxy groups -OCH3 is 1. The third-order valence-electron chi connectivity index (χ3n) is 4.98. The van der Waals surface area contributed by atoms with Gasteiger partial charge in [-0.3, -0.25) is 9.36 Å². The quantitative estimate of drug-likeness (QED) is 0.783. The molecule has 138 valence electrons. The van der Waals surface area contributed by atoms with E-state index in [0.29, 0.717) is 24.1 Å². The summed E-state index contributed by atoms with van der Waals surface area (Å²) in [6, 6.07) is 0.408. The molecule has 0 aliphatic carbocycles. The largest absolute Gasteiger partial charge is 0.498 e. The molecule has 1 aromatic rings. The van der Waals surface area contributed by atoms with Crippen molar-refractivity contribution < 1.29 is 23.9 Å². The third kappa shape index (κ3) is 3.60. The van der Waals surface area contributed by atoms with Gasteiger partial charge in [-0.05, 0) is 34.1 Å². The predicted molar refractivity (Wildman–Crippen MR) is 94.6 cm³/mol. The Morgan fingerprint density at radius 1 is 1.32 bits per heavy atom. The molecule has 0 aromatic carbocycles. The van der Waals surface area contributed by atoms with Crippen LogP contribution in [0.4, 0.5) is 0 Å². The number of rotatable bonds is 6. The average Bonchev–Trinajstić information content (AvgIpc) is 2.73. The van der Waals surface area contributed by atoms with Crippen molar-refractivity contribution in [1.29, 1.82) is 0 Å². The molecule has 2 heterocycles. The van der Waals surface area contributed by atoms with Gasteiger partial charge in [0.2, 0.25) is 0 Å². The summed E-state index contributed by atoms with van der Waals surface area (Å²) in [4.78, 5) is 24.0. The summed E-state index contributed by atoms with van der Waals surface area (Å²) in [7, 11) is 0.714. The Kier molecular flexibility index (Phi) is 5.34. The highest BCUT2D eigenvalue weighted by atomic mass is 16.7. The van der Waals surface area contributed by atoms with Crippen molar-refractivity contribution in [3.05, 3.63) is 22.6 Å². The third-order valence-corrected chi connectivity index (χ3v) is 4.98. The van der Waals surface area contributed by atoms with Crippen LogP contribution < -0.4 is 15.8 Å². The smallest absolute Gasteiger partial charge is 0.496 e. The maximum Gasteiger partial charge on any atom is 0.498 e. The topological polar surface area (TPSA) is 87.0 Å². The number of ether oxygens (including phenoxy) is 1. The van der Waals surface area contributed by atoms with E-state index < -0.39 is 35.9 Å². The number of carbonyl (C=O) groups is 1. The number of aliphatic carboxylic acids is 1. The molecule has 2 rings (SSSR count). The van der Waals surface area contributed by atoms with Crippen molar-refractivity contribution in [3.8, 4) is 5.75 Å².